The van der Waals surface area contributed by atoms with Gasteiger partial charge in [-0.25, -0.2) is 4.98 Å². The van der Waals surface area contributed by atoms with Gasteiger partial charge in [0.05, 0.1) is 0 Å². The van der Waals surface area contributed by atoms with E-state index in [2.05, 4.69) is 15.2 Å². The van der Waals surface area contributed by atoms with Gasteiger partial charge in [0.1, 0.15) is 23.8 Å². The van der Waals surface area contributed by atoms with E-state index in [0.717, 1.165) is 0 Å². The molecule has 0 unspecified atom stereocenters. The lowest BCUT2D eigenvalue weighted by Gasteiger charge is -2.04. The number of hydrogen-bond donors (Lipinski definition) is 0. The highest BCUT2D eigenvalue weighted by atomic mass is 35.5. The highest BCUT2D eigenvalue weighted by Crippen LogP contribution is 2.18. The average Bonchev–Trinajstić information content (AvgIpc) is 2.78. The van der Waals surface area contributed by atoms with Crippen LogP contribution in [0, 0.1) is 0 Å². The van der Waals surface area contributed by atoms with Crippen LogP contribution in [0.1, 0.15) is 5.82 Å². The zero-order valence-electron chi connectivity index (χ0n) is 9.62. The molecule has 0 spiro atoms. The zero-order valence-corrected chi connectivity index (χ0v) is 11.1. The normalized spacial score (nSPS) is 10.8. The van der Waals surface area contributed by atoms with Crippen LogP contribution in [0.2, 0.25) is 10.2 Å². The molecule has 0 atom stereocenters. The molecule has 0 amide bonds. The molecule has 2 heterocycles. The van der Waals surface area contributed by atoms with Crippen molar-refractivity contribution < 1.29 is 4.74 Å². The molecule has 3 aromatic rings. The number of ether oxygens (including phenoxy) is 1. The van der Waals surface area contributed by atoms with Crippen molar-refractivity contribution in [3.05, 3.63) is 52.7 Å². The standard InChI is InChI=1S/C12H8Cl2N4O/c13-8-2-1-3-9(4-8)19-6-12-17-16-11-5-10(14)15-7-18(11)12/h1-5,7H,6H2. The van der Waals surface area contributed by atoms with Crippen LogP contribution >= 0.6 is 23.2 Å². The van der Waals surface area contributed by atoms with Gasteiger partial charge in [0.2, 0.25) is 0 Å². The smallest absolute Gasteiger partial charge is 0.176 e. The lowest BCUT2D eigenvalue weighted by atomic mass is 10.3. The van der Waals surface area contributed by atoms with E-state index >= 15 is 0 Å². The first-order valence-electron chi connectivity index (χ1n) is 5.46. The molecule has 3 rings (SSSR count). The molecule has 7 heteroatoms. The van der Waals surface area contributed by atoms with Crippen LogP contribution in [-0.4, -0.2) is 19.6 Å². The number of benzene rings is 1. The molecule has 0 bridgehead atoms. The zero-order chi connectivity index (χ0) is 13.2. The molecular formula is C12H8Cl2N4O. The summed E-state index contributed by atoms with van der Waals surface area (Å²) in [4.78, 5) is 3.98. The molecular weight excluding hydrogens is 287 g/mol. The Kier molecular flexibility index (Phi) is 3.23. The summed E-state index contributed by atoms with van der Waals surface area (Å²) in [5.74, 6) is 1.31. The molecule has 0 N–H and O–H groups in total. The van der Waals surface area contributed by atoms with Gasteiger partial charge < -0.3 is 4.74 Å². The molecule has 0 radical (unpaired) electrons. The van der Waals surface area contributed by atoms with Crippen molar-refractivity contribution in [2.75, 3.05) is 0 Å². The number of hydrogen-bond acceptors (Lipinski definition) is 4. The van der Waals surface area contributed by atoms with Crippen molar-refractivity contribution in [1.29, 1.82) is 0 Å². The Morgan fingerprint density at radius 1 is 1.16 bits per heavy atom. The minimum atomic E-state index is 0.269. The molecule has 0 aliphatic carbocycles. The van der Waals surface area contributed by atoms with Crippen molar-refractivity contribution in [2.24, 2.45) is 0 Å². The van der Waals surface area contributed by atoms with Gasteiger partial charge >= 0.3 is 0 Å². The van der Waals surface area contributed by atoms with Gasteiger partial charge in [-0.05, 0) is 18.2 Å². The van der Waals surface area contributed by atoms with Crippen molar-refractivity contribution in [1.82, 2.24) is 19.6 Å². The highest BCUT2D eigenvalue weighted by molar-refractivity contribution is 6.30. The SMILES string of the molecule is Clc1cccc(OCc2nnc3cc(Cl)ncn23)c1. The first kappa shape index (κ1) is 12.2. The van der Waals surface area contributed by atoms with E-state index in [1.165, 1.54) is 0 Å². The average molecular weight is 295 g/mol. The number of rotatable bonds is 3. The first-order chi connectivity index (χ1) is 9.22. The maximum atomic E-state index is 5.88. The fourth-order valence-corrected chi connectivity index (χ4v) is 1.94. The van der Waals surface area contributed by atoms with Crippen LogP contribution in [0.3, 0.4) is 0 Å². The Hall–Kier alpha value is -1.85. The molecule has 96 valence electrons. The van der Waals surface area contributed by atoms with Crippen molar-refractivity contribution in [3.63, 3.8) is 0 Å². The number of nitrogens with zero attached hydrogens (tertiary/aromatic N) is 4. The fourth-order valence-electron chi connectivity index (χ4n) is 1.62. The summed E-state index contributed by atoms with van der Waals surface area (Å²) < 4.78 is 7.32. The third-order valence-electron chi connectivity index (χ3n) is 2.50. The summed E-state index contributed by atoms with van der Waals surface area (Å²) in [6, 6.07) is 8.80. The molecule has 2 aromatic heterocycles. The number of aromatic nitrogens is 4. The van der Waals surface area contributed by atoms with Gasteiger partial charge in [-0.1, -0.05) is 29.3 Å². The van der Waals surface area contributed by atoms with Crippen LogP contribution in [0.25, 0.3) is 5.65 Å². The van der Waals surface area contributed by atoms with E-state index in [9.17, 15) is 0 Å². The quantitative estimate of drug-likeness (QED) is 0.697. The second-order valence-corrected chi connectivity index (χ2v) is 4.63. The summed E-state index contributed by atoms with van der Waals surface area (Å²) in [5.41, 5.74) is 0.629. The molecule has 5 nitrogen and oxygen atoms in total. The summed E-state index contributed by atoms with van der Waals surface area (Å²) in [6.45, 7) is 0.269. The van der Waals surface area contributed by atoms with Crippen molar-refractivity contribution in [2.45, 2.75) is 6.61 Å². The van der Waals surface area contributed by atoms with Crippen LogP contribution < -0.4 is 4.74 Å². The molecule has 19 heavy (non-hydrogen) atoms. The predicted molar refractivity (Wildman–Crippen MR) is 71.6 cm³/mol. The minimum absolute atomic E-state index is 0.269. The van der Waals surface area contributed by atoms with Crippen molar-refractivity contribution >= 4 is 28.8 Å². The van der Waals surface area contributed by atoms with E-state index in [1.807, 2.05) is 12.1 Å². The van der Waals surface area contributed by atoms with Gasteiger partial charge in [-0.3, -0.25) is 4.40 Å². The molecule has 1 aromatic carbocycles. The Labute approximate surface area is 118 Å². The van der Waals surface area contributed by atoms with Gasteiger partial charge in [0.15, 0.2) is 11.5 Å². The highest BCUT2D eigenvalue weighted by Gasteiger charge is 2.07. The van der Waals surface area contributed by atoms with Gasteiger partial charge in [0, 0.05) is 11.1 Å². The molecule has 0 aliphatic rings. The number of halogens is 2. The third-order valence-corrected chi connectivity index (χ3v) is 2.94. The van der Waals surface area contributed by atoms with Gasteiger partial charge in [0.25, 0.3) is 0 Å². The second kappa shape index (κ2) is 5.03. The van der Waals surface area contributed by atoms with E-state index < -0.39 is 0 Å². The van der Waals surface area contributed by atoms with Crippen LogP contribution in [0.4, 0.5) is 0 Å². The lowest BCUT2D eigenvalue weighted by molar-refractivity contribution is 0.294. The monoisotopic (exact) mass is 294 g/mol. The van der Waals surface area contributed by atoms with Crippen LogP contribution in [-0.2, 0) is 6.61 Å². The summed E-state index contributed by atoms with van der Waals surface area (Å²) in [6.07, 6.45) is 1.56. The first-order valence-corrected chi connectivity index (χ1v) is 6.21. The summed E-state index contributed by atoms with van der Waals surface area (Å²) in [5, 5.41) is 9.02. The van der Waals surface area contributed by atoms with E-state index in [4.69, 9.17) is 27.9 Å². The van der Waals surface area contributed by atoms with Crippen molar-refractivity contribution in [3.8, 4) is 5.75 Å². The van der Waals surface area contributed by atoms with Crippen LogP contribution in [0.15, 0.2) is 36.7 Å². The van der Waals surface area contributed by atoms with Gasteiger partial charge in [-0.2, -0.15) is 0 Å². The largest absolute Gasteiger partial charge is 0.486 e. The lowest BCUT2D eigenvalue weighted by Crippen LogP contribution is -2.01. The fraction of sp³-hybridized carbons (Fsp3) is 0.0833. The Morgan fingerprint density at radius 2 is 2.05 bits per heavy atom. The molecule has 0 saturated carbocycles. The Balaban J connectivity index is 1.82. The van der Waals surface area contributed by atoms with Crippen LogP contribution in [0.5, 0.6) is 5.75 Å². The topological polar surface area (TPSA) is 52.3 Å². The molecule has 0 saturated heterocycles. The third kappa shape index (κ3) is 2.62. The van der Waals surface area contributed by atoms with E-state index in [-0.39, 0.29) is 6.61 Å². The van der Waals surface area contributed by atoms with E-state index in [1.54, 1.807) is 28.9 Å². The minimum Gasteiger partial charge on any atom is -0.486 e. The van der Waals surface area contributed by atoms with E-state index in [0.29, 0.717) is 27.4 Å². The maximum absolute atomic E-state index is 5.88. The second-order valence-electron chi connectivity index (χ2n) is 3.80. The van der Waals surface area contributed by atoms with Gasteiger partial charge in [-0.15, -0.1) is 10.2 Å². The Morgan fingerprint density at radius 3 is 2.89 bits per heavy atom. The summed E-state index contributed by atoms with van der Waals surface area (Å²) in [7, 11) is 0. The molecule has 0 aliphatic heterocycles. The Bertz CT molecular complexity index is 729. The number of fused-ring (bicyclic) bond motifs is 1. The molecule has 0 fully saturated rings. The maximum Gasteiger partial charge on any atom is 0.176 e. The predicted octanol–water partition coefficient (Wildman–Crippen LogP) is 3.01. The summed E-state index contributed by atoms with van der Waals surface area (Å²) >= 11 is 11.7.